The molecular formula is C32H25F8NO3. The summed E-state index contributed by atoms with van der Waals surface area (Å²) >= 11 is 0. The molecule has 0 aliphatic carbocycles. The fraction of sp³-hybridized carbons (Fsp3) is 0.219. The van der Waals surface area contributed by atoms with Crippen molar-refractivity contribution in [2.45, 2.75) is 44.4 Å². The second kappa shape index (κ2) is 12.9. The molecular weight excluding hydrogens is 598 g/mol. The SMILES string of the molecule is CC(C)Oc1cc(C(Cc2ccccc2)(NC(=O)c2ccc(F)cc2F)c2cc(F)cc(OC(F)(F)C(F)F)c2)ccc1F. The number of alkyl halides is 4. The molecule has 1 amide bonds. The van der Waals surface area contributed by atoms with Gasteiger partial charge in [-0.3, -0.25) is 4.79 Å². The van der Waals surface area contributed by atoms with Crippen molar-refractivity contribution in [1.82, 2.24) is 5.32 Å². The zero-order chi connectivity index (χ0) is 32.2. The highest BCUT2D eigenvalue weighted by Gasteiger charge is 2.45. The largest absolute Gasteiger partial charge is 0.488 e. The quantitative estimate of drug-likeness (QED) is 0.172. The van der Waals surface area contributed by atoms with Crippen molar-refractivity contribution in [3.05, 3.63) is 130 Å². The summed E-state index contributed by atoms with van der Waals surface area (Å²) in [5.74, 6) is -6.73. The van der Waals surface area contributed by atoms with Crippen LogP contribution in [0.5, 0.6) is 11.5 Å². The predicted molar refractivity (Wildman–Crippen MR) is 145 cm³/mol. The van der Waals surface area contributed by atoms with Crippen molar-refractivity contribution in [1.29, 1.82) is 0 Å². The topological polar surface area (TPSA) is 47.6 Å². The summed E-state index contributed by atoms with van der Waals surface area (Å²) in [5.41, 5.74) is -2.53. The summed E-state index contributed by atoms with van der Waals surface area (Å²) in [6.07, 6.45) is -10.1. The Morgan fingerprint density at radius 1 is 0.795 bits per heavy atom. The van der Waals surface area contributed by atoms with Gasteiger partial charge in [0.05, 0.1) is 17.2 Å². The summed E-state index contributed by atoms with van der Waals surface area (Å²) in [7, 11) is 0. The zero-order valence-corrected chi connectivity index (χ0v) is 23.2. The Morgan fingerprint density at radius 3 is 2.14 bits per heavy atom. The number of carbonyl (C=O) groups excluding carboxylic acids is 1. The molecule has 232 valence electrons. The highest BCUT2D eigenvalue weighted by atomic mass is 19.3. The Hall–Kier alpha value is -4.61. The van der Waals surface area contributed by atoms with E-state index in [4.69, 9.17) is 4.74 Å². The average Bonchev–Trinajstić information content (AvgIpc) is 2.93. The number of halogens is 8. The van der Waals surface area contributed by atoms with Crippen LogP contribution in [0.1, 0.15) is 40.9 Å². The molecule has 0 saturated heterocycles. The molecule has 4 aromatic carbocycles. The van der Waals surface area contributed by atoms with Crippen molar-refractivity contribution in [3.8, 4) is 11.5 Å². The van der Waals surface area contributed by atoms with E-state index < -0.39 is 64.7 Å². The second-order valence-electron chi connectivity index (χ2n) is 10.1. The van der Waals surface area contributed by atoms with Crippen molar-refractivity contribution >= 4 is 5.91 Å². The smallest absolute Gasteiger partial charge is 0.461 e. The highest BCUT2D eigenvalue weighted by Crippen LogP contribution is 2.40. The molecule has 0 saturated carbocycles. The maximum Gasteiger partial charge on any atom is 0.461 e. The molecule has 0 spiro atoms. The Kier molecular flexibility index (Phi) is 9.50. The molecule has 0 fully saturated rings. The molecule has 12 heteroatoms. The van der Waals surface area contributed by atoms with Gasteiger partial charge in [0.1, 0.15) is 23.2 Å². The first-order valence-electron chi connectivity index (χ1n) is 13.1. The van der Waals surface area contributed by atoms with E-state index in [0.717, 1.165) is 30.3 Å². The highest BCUT2D eigenvalue weighted by molar-refractivity contribution is 5.95. The van der Waals surface area contributed by atoms with E-state index in [9.17, 15) is 35.5 Å². The van der Waals surface area contributed by atoms with Gasteiger partial charge >= 0.3 is 12.5 Å². The lowest BCUT2D eigenvalue weighted by atomic mass is 9.77. The summed E-state index contributed by atoms with van der Waals surface area (Å²) in [4.78, 5) is 13.6. The lowest BCUT2D eigenvalue weighted by molar-refractivity contribution is -0.253. The average molecular weight is 624 g/mol. The minimum Gasteiger partial charge on any atom is -0.488 e. The number of nitrogens with one attached hydrogen (secondary N) is 1. The molecule has 1 N–H and O–H groups in total. The third-order valence-electron chi connectivity index (χ3n) is 6.47. The van der Waals surface area contributed by atoms with E-state index in [-0.39, 0.29) is 23.3 Å². The standard InChI is InChI=1S/C32H25F8NO3/c1-18(2)43-28-14-20(8-11-26(28)35)31(17-19-6-4-3-5-7-19,41-29(42)25-10-9-22(33)16-27(25)36)21-12-23(34)15-24(13-21)44-32(39,40)30(37)38/h3-16,18,30H,17H2,1-2H3,(H,41,42). The maximum absolute atomic E-state index is 15.1. The lowest BCUT2D eigenvalue weighted by Crippen LogP contribution is -2.49. The normalized spacial score (nSPS) is 13.1. The van der Waals surface area contributed by atoms with Crippen LogP contribution in [-0.4, -0.2) is 24.5 Å². The number of carbonyl (C=O) groups is 1. The van der Waals surface area contributed by atoms with Crippen LogP contribution < -0.4 is 14.8 Å². The molecule has 1 unspecified atom stereocenters. The van der Waals surface area contributed by atoms with E-state index in [1.165, 1.54) is 12.1 Å². The number of hydrogen-bond acceptors (Lipinski definition) is 3. The van der Waals surface area contributed by atoms with Gasteiger partial charge < -0.3 is 14.8 Å². The van der Waals surface area contributed by atoms with Crippen LogP contribution in [0.3, 0.4) is 0 Å². The number of amides is 1. The monoisotopic (exact) mass is 623 g/mol. The third kappa shape index (κ3) is 7.29. The second-order valence-corrected chi connectivity index (χ2v) is 10.1. The van der Waals surface area contributed by atoms with Crippen LogP contribution in [0, 0.1) is 23.3 Å². The van der Waals surface area contributed by atoms with Gasteiger partial charge in [0.15, 0.2) is 11.6 Å². The number of ether oxygens (including phenoxy) is 2. The van der Waals surface area contributed by atoms with E-state index in [0.29, 0.717) is 17.7 Å². The minimum absolute atomic E-state index is 0.00597. The molecule has 4 aromatic rings. The van der Waals surface area contributed by atoms with Gasteiger partial charge in [0.25, 0.3) is 5.91 Å². The first kappa shape index (κ1) is 32.3. The van der Waals surface area contributed by atoms with Crippen molar-refractivity contribution in [2.24, 2.45) is 0 Å². The van der Waals surface area contributed by atoms with E-state index in [2.05, 4.69) is 10.1 Å². The Morgan fingerprint density at radius 2 is 1.50 bits per heavy atom. The van der Waals surface area contributed by atoms with Crippen molar-refractivity contribution < 1.29 is 49.4 Å². The van der Waals surface area contributed by atoms with Gasteiger partial charge in [-0.15, -0.1) is 0 Å². The van der Waals surface area contributed by atoms with Crippen molar-refractivity contribution in [2.75, 3.05) is 0 Å². The van der Waals surface area contributed by atoms with Crippen LogP contribution >= 0.6 is 0 Å². The number of hydrogen-bond donors (Lipinski definition) is 1. The molecule has 44 heavy (non-hydrogen) atoms. The Balaban J connectivity index is 2.02. The van der Waals surface area contributed by atoms with E-state index in [1.54, 1.807) is 44.2 Å². The first-order valence-corrected chi connectivity index (χ1v) is 13.1. The van der Waals surface area contributed by atoms with Gasteiger partial charge in [0, 0.05) is 18.6 Å². The van der Waals surface area contributed by atoms with Gasteiger partial charge in [0.2, 0.25) is 0 Å². The summed E-state index contributed by atoms with van der Waals surface area (Å²) in [5, 5.41) is 2.59. The fourth-order valence-corrected chi connectivity index (χ4v) is 4.58. The molecule has 1 atom stereocenters. The van der Waals surface area contributed by atoms with Gasteiger partial charge in [-0.1, -0.05) is 36.4 Å². The predicted octanol–water partition coefficient (Wildman–Crippen LogP) is 8.18. The van der Waals surface area contributed by atoms with Gasteiger partial charge in [-0.05, 0) is 66.9 Å². The molecule has 0 aliphatic heterocycles. The van der Waals surface area contributed by atoms with Gasteiger partial charge in [-0.2, -0.15) is 17.6 Å². The fourth-order valence-electron chi connectivity index (χ4n) is 4.58. The molecule has 4 nitrogen and oxygen atoms in total. The maximum atomic E-state index is 15.1. The van der Waals surface area contributed by atoms with E-state index in [1.807, 2.05) is 0 Å². The van der Waals surface area contributed by atoms with E-state index >= 15 is 4.39 Å². The summed E-state index contributed by atoms with van der Waals surface area (Å²) in [6, 6.07) is 15.7. The zero-order valence-electron chi connectivity index (χ0n) is 23.2. The molecule has 0 aromatic heterocycles. The molecule has 0 radical (unpaired) electrons. The van der Waals surface area contributed by atoms with Crippen LogP contribution in [0.25, 0.3) is 0 Å². The minimum atomic E-state index is -5.01. The molecule has 0 aliphatic rings. The summed E-state index contributed by atoms with van der Waals surface area (Å²) in [6.45, 7) is 3.23. The molecule has 0 heterocycles. The lowest BCUT2D eigenvalue weighted by Gasteiger charge is -2.37. The number of benzene rings is 4. The summed E-state index contributed by atoms with van der Waals surface area (Å²) < 4.78 is 122. The van der Waals surface area contributed by atoms with Crippen LogP contribution in [-0.2, 0) is 12.0 Å². The van der Waals surface area contributed by atoms with Crippen molar-refractivity contribution in [3.63, 3.8) is 0 Å². The molecule has 4 rings (SSSR count). The van der Waals surface area contributed by atoms with Gasteiger partial charge in [-0.25, -0.2) is 17.6 Å². The van der Waals surface area contributed by atoms with Crippen LogP contribution in [0.15, 0.2) is 84.9 Å². The Labute approximate surface area is 247 Å². The van der Waals surface area contributed by atoms with Crippen LogP contribution in [0.2, 0.25) is 0 Å². The molecule has 0 bridgehead atoms. The Bertz CT molecular complexity index is 1630. The third-order valence-corrected chi connectivity index (χ3v) is 6.47. The first-order chi connectivity index (χ1) is 20.7. The van der Waals surface area contributed by atoms with Crippen LogP contribution in [0.4, 0.5) is 35.1 Å². The number of rotatable bonds is 11.